The van der Waals surface area contributed by atoms with Crippen LogP contribution in [0.4, 0.5) is 11.5 Å². The third-order valence-corrected chi connectivity index (χ3v) is 7.01. The number of azo groups is 1. The summed E-state index contributed by atoms with van der Waals surface area (Å²) < 4.78 is 6.43. The normalized spacial score (nSPS) is 14.4. The van der Waals surface area contributed by atoms with Crippen LogP contribution in [0.15, 0.2) is 81.9 Å². The van der Waals surface area contributed by atoms with E-state index in [2.05, 4.69) is 42.7 Å². The number of benzene rings is 2. The van der Waals surface area contributed by atoms with E-state index in [0.29, 0.717) is 35.9 Å². The first-order valence-electron chi connectivity index (χ1n) is 13.1. The van der Waals surface area contributed by atoms with Crippen LogP contribution in [0.3, 0.4) is 0 Å². The molecule has 2 aromatic heterocycles. The Morgan fingerprint density at radius 1 is 1.12 bits per heavy atom. The van der Waals surface area contributed by atoms with Crippen LogP contribution in [0.2, 0.25) is 0 Å². The molecule has 1 atom stereocenters. The van der Waals surface area contributed by atoms with Crippen molar-refractivity contribution in [1.82, 2.24) is 19.7 Å². The second-order valence-corrected chi connectivity index (χ2v) is 9.83. The summed E-state index contributed by atoms with van der Waals surface area (Å²) in [5.41, 5.74) is 6.11. The van der Waals surface area contributed by atoms with Gasteiger partial charge in [0.2, 0.25) is 0 Å². The number of fused-ring (bicyclic) bond motifs is 1. The minimum Gasteiger partial charge on any atom is -0.392 e. The van der Waals surface area contributed by atoms with Crippen molar-refractivity contribution in [3.05, 3.63) is 105 Å². The Balaban J connectivity index is 1.45. The molecule has 0 radical (unpaired) electrons. The molecule has 5 rings (SSSR count). The summed E-state index contributed by atoms with van der Waals surface area (Å²) in [5.74, 6) is 0.549. The number of likely N-dealkylation sites (N-methyl/N-ethyl adjacent to an activating group) is 1. The summed E-state index contributed by atoms with van der Waals surface area (Å²) >= 11 is 0. The van der Waals surface area contributed by atoms with E-state index >= 15 is 0 Å². The molecular formula is C30H33N7O3. The number of aryl methyl sites for hydroxylation is 1. The van der Waals surface area contributed by atoms with Crippen molar-refractivity contribution >= 4 is 11.5 Å². The summed E-state index contributed by atoms with van der Waals surface area (Å²) in [6.45, 7) is 2.55. The van der Waals surface area contributed by atoms with Gasteiger partial charge in [0.25, 0.3) is 5.56 Å². The Hall–Kier alpha value is -4.25. The van der Waals surface area contributed by atoms with E-state index in [0.717, 1.165) is 40.9 Å². The van der Waals surface area contributed by atoms with Gasteiger partial charge < -0.3 is 15.2 Å². The Kier molecular flexibility index (Phi) is 8.40. The van der Waals surface area contributed by atoms with E-state index in [1.54, 1.807) is 26.4 Å². The average molecular weight is 540 g/mol. The molecule has 3 heterocycles. The first-order chi connectivity index (χ1) is 19.5. The van der Waals surface area contributed by atoms with E-state index in [4.69, 9.17) is 4.74 Å². The number of hydrogen-bond acceptors (Lipinski definition) is 9. The largest absolute Gasteiger partial charge is 0.392 e. The third kappa shape index (κ3) is 5.84. The van der Waals surface area contributed by atoms with Crippen molar-refractivity contribution in [3.63, 3.8) is 0 Å². The van der Waals surface area contributed by atoms with E-state index in [-0.39, 0.29) is 18.2 Å². The van der Waals surface area contributed by atoms with Crippen LogP contribution in [-0.2, 0) is 31.5 Å². The number of aromatic nitrogens is 3. The van der Waals surface area contributed by atoms with E-state index in [1.165, 1.54) is 4.68 Å². The number of anilines is 2. The molecule has 1 aliphatic heterocycles. The number of aliphatic hydroxyl groups is 1. The lowest BCUT2D eigenvalue weighted by atomic mass is 9.88. The minimum atomic E-state index is -0.326. The highest BCUT2D eigenvalue weighted by Gasteiger charge is 2.24. The molecule has 40 heavy (non-hydrogen) atoms. The molecule has 0 bridgehead atoms. The number of pyridine rings is 1. The number of methoxy groups -OCH3 is 1. The molecule has 4 aromatic rings. The fraction of sp³-hybridized carbons (Fsp3) is 0.300. The van der Waals surface area contributed by atoms with Gasteiger partial charge in [0, 0.05) is 39.0 Å². The van der Waals surface area contributed by atoms with Gasteiger partial charge in [0.05, 0.1) is 25.5 Å². The fourth-order valence-corrected chi connectivity index (χ4v) is 4.91. The van der Waals surface area contributed by atoms with Gasteiger partial charge in [-0.05, 0) is 47.0 Å². The van der Waals surface area contributed by atoms with Gasteiger partial charge in [-0.15, -0.1) is 0 Å². The summed E-state index contributed by atoms with van der Waals surface area (Å²) in [5, 5.41) is 27.0. The lowest BCUT2D eigenvalue weighted by molar-refractivity contribution is 0.158. The first kappa shape index (κ1) is 27.3. The highest BCUT2D eigenvalue weighted by molar-refractivity contribution is 5.70. The van der Waals surface area contributed by atoms with Crippen LogP contribution in [0, 0.1) is 0 Å². The smallest absolute Gasteiger partial charge is 0.290 e. The molecule has 2 N–H and O–H groups in total. The molecule has 10 nitrogen and oxygen atoms in total. The van der Waals surface area contributed by atoms with Gasteiger partial charge in [-0.2, -0.15) is 15.3 Å². The predicted octanol–water partition coefficient (Wildman–Crippen LogP) is 4.21. The molecule has 0 spiro atoms. The lowest BCUT2D eigenvalue weighted by Gasteiger charge is -2.23. The highest BCUT2D eigenvalue weighted by atomic mass is 16.5. The lowest BCUT2D eigenvalue weighted by Crippen LogP contribution is -2.23. The Morgan fingerprint density at radius 3 is 2.73 bits per heavy atom. The SMILES string of the molecule is COCCN(C)Cc1ccc(Nc2cc(-c3cccc(C4N=NCc5ccccc54)c3CO)nn(C)c2=O)nc1. The van der Waals surface area contributed by atoms with Gasteiger partial charge in [0.15, 0.2) is 0 Å². The van der Waals surface area contributed by atoms with Gasteiger partial charge in [0.1, 0.15) is 17.5 Å². The first-order valence-corrected chi connectivity index (χ1v) is 13.1. The zero-order chi connectivity index (χ0) is 28.1. The number of aliphatic hydroxyl groups excluding tert-OH is 1. The quantitative estimate of drug-likeness (QED) is 0.310. The Labute approximate surface area is 233 Å². The van der Waals surface area contributed by atoms with Crippen molar-refractivity contribution in [2.75, 3.05) is 32.6 Å². The molecule has 0 amide bonds. The van der Waals surface area contributed by atoms with Gasteiger partial charge in [-0.25, -0.2) is 9.67 Å². The van der Waals surface area contributed by atoms with Gasteiger partial charge in [-0.1, -0.05) is 48.5 Å². The zero-order valence-corrected chi connectivity index (χ0v) is 22.9. The Morgan fingerprint density at radius 2 is 1.95 bits per heavy atom. The van der Waals surface area contributed by atoms with E-state index < -0.39 is 0 Å². The van der Waals surface area contributed by atoms with Crippen molar-refractivity contribution in [2.45, 2.75) is 25.7 Å². The van der Waals surface area contributed by atoms with Crippen molar-refractivity contribution < 1.29 is 9.84 Å². The topological polar surface area (TPSA) is 117 Å². The standard InChI is InChI=1S/C30H33N7O3/c1-36(13-14-40-3)18-20-11-12-28(31-16-20)33-27-15-26(35-37(2)30(27)39)23-9-6-10-24(25(23)19-38)29-22-8-5-4-7-21(22)17-32-34-29/h4-12,15-16,29,38H,13-14,17-19H2,1-3H3,(H,31,33). The molecule has 0 fully saturated rings. The van der Waals surface area contributed by atoms with Gasteiger partial charge >= 0.3 is 0 Å². The minimum absolute atomic E-state index is 0.213. The van der Waals surface area contributed by atoms with Crippen LogP contribution in [0.5, 0.6) is 0 Å². The zero-order valence-electron chi connectivity index (χ0n) is 22.9. The maximum atomic E-state index is 13.0. The van der Waals surface area contributed by atoms with Crippen molar-refractivity contribution in [1.29, 1.82) is 0 Å². The van der Waals surface area contributed by atoms with Crippen LogP contribution < -0.4 is 10.9 Å². The number of ether oxygens (including phenoxy) is 1. The predicted molar refractivity (Wildman–Crippen MR) is 153 cm³/mol. The molecular weight excluding hydrogens is 506 g/mol. The number of hydrogen-bond donors (Lipinski definition) is 2. The van der Waals surface area contributed by atoms with E-state index in [9.17, 15) is 9.90 Å². The molecule has 10 heteroatoms. The monoisotopic (exact) mass is 539 g/mol. The second-order valence-electron chi connectivity index (χ2n) is 9.83. The molecule has 0 saturated carbocycles. The van der Waals surface area contributed by atoms with Crippen LogP contribution in [0.25, 0.3) is 11.3 Å². The number of rotatable bonds is 10. The van der Waals surface area contributed by atoms with Crippen molar-refractivity contribution in [3.8, 4) is 11.3 Å². The highest BCUT2D eigenvalue weighted by Crippen LogP contribution is 2.37. The van der Waals surface area contributed by atoms with Crippen LogP contribution in [-0.4, -0.2) is 52.1 Å². The third-order valence-electron chi connectivity index (χ3n) is 7.01. The number of nitrogens with zero attached hydrogens (tertiary/aromatic N) is 6. The second kappa shape index (κ2) is 12.3. The molecule has 1 aliphatic rings. The van der Waals surface area contributed by atoms with E-state index in [1.807, 2.05) is 49.5 Å². The summed E-state index contributed by atoms with van der Waals surface area (Å²) in [4.78, 5) is 19.7. The maximum absolute atomic E-state index is 13.0. The molecule has 2 aromatic carbocycles. The Bertz CT molecular complexity index is 1570. The number of nitrogens with one attached hydrogen (secondary N) is 1. The average Bonchev–Trinajstić information content (AvgIpc) is 2.98. The molecule has 1 unspecified atom stereocenters. The molecule has 206 valence electrons. The van der Waals surface area contributed by atoms with Gasteiger partial charge in [-0.3, -0.25) is 9.69 Å². The summed E-state index contributed by atoms with van der Waals surface area (Å²) in [6.07, 6.45) is 1.79. The molecule has 0 saturated heterocycles. The van der Waals surface area contributed by atoms with Crippen LogP contribution >= 0.6 is 0 Å². The van der Waals surface area contributed by atoms with Crippen molar-refractivity contribution in [2.24, 2.45) is 17.3 Å². The maximum Gasteiger partial charge on any atom is 0.290 e. The molecule has 0 aliphatic carbocycles. The summed E-state index contributed by atoms with van der Waals surface area (Å²) in [6, 6.07) is 19.1. The van der Waals surface area contributed by atoms with Crippen LogP contribution in [0.1, 0.15) is 33.9 Å². The fourth-order valence-electron chi connectivity index (χ4n) is 4.91. The summed E-state index contributed by atoms with van der Waals surface area (Å²) in [7, 11) is 5.32.